The quantitative estimate of drug-likeness (QED) is 0.0111. The monoisotopic (exact) mass is 3430 g/mol. The fraction of sp³-hybridized carbons (Fsp3) is 0.134. The van der Waals surface area contributed by atoms with E-state index in [0.717, 1.165) is 56.6 Å². The van der Waals surface area contributed by atoms with E-state index in [1.807, 2.05) is 72.0 Å². The number of nitrogens with zero attached hydrogens (tertiary/aromatic N) is 24. The minimum atomic E-state index is -1.00. The molecule has 51 nitrogen and oxygen atoms in total. The summed E-state index contributed by atoms with van der Waals surface area (Å²) < 4.78 is 30.2. The van der Waals surface area contributed by atoms with Crippen LogP contribution in [0.2, 0.25) is 0 Å². The zero-order valence-electron chi connectivity index (χ0n) is 74.8. The van der Waals surface area contributed by atoms with Gasteiger partial charge in [-0.25, -0.2) is 15.4 Å². The van der Waals surface area contributed by atoms with Gasteiger partial charge in [0, 0.05) is 367 Å². The normalized spacial score (nSPS) is 7.84. The number of aromatic nitrogens is 20. The number of isothiocyanates is 1. The summed E-state index contributed by atoms with van der Waals surface area (Å²) in [5, 5.41) is 109. The number of nitrogens with two attached hydrogens (primary N) is 6. The number of hydrogen-bond acceptors (Lipinski definition) is 40. The molecule has 753 valence electrons. The van der Waals surface area contributed by atoms with Crippen molar-refractivity contribution in [1.29, 1.82) is 0 Å². The SMILES string of the molecule is Br.CC(=O)N=C=S.CCO.CCOC(=O)CC(=S)Cc1ncccc1O.CO.Cl.NO.Nc1nc2c(O)cccn2n1.Nc1ncccc1O.O=N[O-].O=N[O-].O=N[O-].O=[NH+][O-].[2H]CF.[Br][Cu][Br].[CH2-]c1cccn2nc(Br)nc12.[CH2-]c1cccn2nc(N)nc12.[CH2-]c1cccn2nc([NH-])nc12.[CH2-]c1cccn2nc([NH-])nc12.[CH2-]c1cccn2nc([NH-])nc12.[CH3-].[CH3-].[CH3-].[NH2-].[NH2-].[Na+].[W].[W].[W].[W].[Y].[Y].[Y].[Y].[Y].[Y]. The molecule has 71 heteroatoms. The third-order valence-electron chi connectivity index (χ3n) is 11.5. The number of carbonyl (C=O) groups excluding carboxylic acids is 2. The van der Waals surface area contributed by atoms with E-state index in [1.165, 1.54) is 47.2 Å². The number of carbonyl (C=O) groups is 2. The Morgan fingerprint density at radius 2 is 0.826 bits per heavy atom. The van der Waals surface area contributed by atoms with Gasteiger partial charge >= 0.3 is 75.1 Å². The molecular weight excluding hydrogens is 3350 g/mol. The van der Waals surface area contributed by atoms with Crippen LogP contribution in [0, 0.1) is 97.4 Å². The van der Waals surface area contributed by atoms with E-state index in [0.29, 0.717) is 56.6 Å². The first-order valence-electron chi connectivity index (χ1n) is 31.8. The molecule has 0 bridgehead atoms. The summed E-state index contributed by atoms with van der Waals surface area (Å²) >= 11 is 19.7. The number of aliphatic imine (C=N–C) groups is 1. The van der Waals surface area contributed by atoms with Crippen molar-refractivity contribution in [3.8, 4) is 17.2 Å². The van der Waals surface area contributed by atoms with Gasteiger partial charge in [0.15, 0.2) is 23.0 Å². The molecule has 14 aromatic heterocycles. The zero-order chi connectivity index (χ0) is 93.0. The maximum absolute atomic E-state index is 11.1. The molecule has 0 fully saturated rings. The number of amides is 1. The summed E-state index contributed by atoms with van der Waals surface area (Å²) in [6.45, 7) is 24.2. The molecule has 6 radical (unpaired) electrons. The second kappa shape index (κ2) is 121. The van der Waals surface area contributed by atoms with Gasteiger partial charge in [0.05, 0.1) is 43.7 Å². The second-order valence-corrected chi connectivity index (χ2v) is 25.5. The molecule has 0 spiro atoms. The van der Waals surface area contributed by atoms with Crippen molar-refractivity contribution in [2.75, 3.05) is 44.7 Å². The Hall–Kier alpha value is -3.00. The fourth-order valence-corrected chi connectivity index (χ4v) is 8.09. The van der Waals surface area contributed by atoms with Gasteiger partial charge in [-0.15, -0.1) is 85.9 Å². The van der Waals surface area contributed by atoms with Crippen LogP contribution < -0.4 is 58.0 Å². The number of halogens is 6. The molecule has 14 heterocycles. The third-order valence-corrected chi connectivity index (χ3v) is 12.2. The topological polar surface area (TPSA) is 838 Å². The van der Waals surface area contributed by atoms with Crippen LogP contribution in [0.4, 0.5) is 39.9 Å². The average Bonchev–Trinajstić information content (AvgIpc) is 1.73. The Balaban J connectivity index is -0.0000000532. The molecule has 0 aliphatic rings. The third kappa shape index (κ3) is 85.1. The Kier molecular flexibility index (Phi) is 163. The molecular formula is C67H90Br4ClCuFN34NaO17S2W4Y6-15. The van der Waals surface area contributed by atoms with E-state index in [2.05, 4.69) is 172 Å². The molecule has 14 aromatic rings. The van der Waals surface area contributed by atoms with Gasteiger partial charge in [-0.2, -0.15) is 108 Å². The number of aliphatic hydroxyl groups is 2. The van der Waals surface area contributed by atoms with E-state index in [-0.39, 0.29) is 457 Å². The van der Waals surface area contributed by atoms with Gasteiger partial charge in [0.1, 0.15) is 5.75 Å². The van der Waals surface area contributed by atoms with E-state index < -0.39 is 7.15 Å². The number of thiocarbonyl (C=S) groups is 2. The predicted octanol–water partition coefficient (Wildman–Crippen LogP) is 10.7. The Labute approximate surface area is 1080 Å². The molecule has 0 aromatic carbocycles. The summed E-state index contributed by atoms with van der Waals surface area (Å²) in [6.07, 6.45) is 14.0. The standard InChI is InChI=1S/C11H13NO3S.C7H5BrN3.C7H7N4.3C7H6N4.C6H6N4O.C5H6N2O.C3H3NOS.C2H6O.CH3F.CH4O.3CH3.3BrH.ClH.Cu.4HNO2.H3NO.2H2N.Na.4W.6Y/c1-2-15-11(14)7-8(16)6-9-10(13)4-3-5-12-9;5*1-5-3-2-4-11-6(5)9-7(8)10-11;7-6-8-5-4(11)2-1-3-10(5)9-6;6-5-4(8)2-1-3-7-5;1-3(5)4-2-6;1-2-3;2*1-2;;;;;;;;;4*2-1-3;1-2;;;;;;;;;;;;;/h3-5,13H,2,6-7H2,1H3;2-4H,1H2;2-4H,1H2,(H2,8,10);3*2-4H,1H2,(H-,8,10);1-3,11H,(H2,7,9);1-3,8H,(H2,6,7);1H3;3H,2H2,1H3;1H3;2H,1H3;3*1H3;4*1H;;3*(H,2,3);1H;2H,1H2;2*1H2;;;;;;;;;;;/q;2*-1;3*-2;;;;;;;3*-1;;;;;+2;;;;;;2*-1;+1;;;;;;;;;;/p-5/i;;;;;;;;;;1D;;;;;;;;;;;;;;;;;;;;;;;;;;;. The molecule has 14 rings (SSSR count). The van der Waals surface area contributed by atoms with Crippen LogP contribution in [0.3, 0.4) is 0 Å². The van der Waals surface area contributed by atoms with Crippen molar-refractivity contribution in [2.24, 2.45) is 26.9 Å². The smallest absolute Gasteiger partial charge is 0.693 e. The van der Waals surface area contributed by atoms with Gasteiger partial charge < -0.3 is 179 Å². The van der Waals surface area contributed by atoms with Crippen molar-refractivity contribution in [1.82, 2.24) is 97.6 Å². The number of nitrogens with one attached hydrogen (secondary N) is 4. The fourth-order valence-electron chi connectivity index (χ4n) is 7.37. The molecule has 1 amide bonds. The van der Waals surface area contributed by atoms with Crippen molar-refractivity contribution >= 4 is 189 Å². The first-order valence-corrected chi connectivity index (χ1v) is 37.3. The van der Waals surface area contributed by atoms with Crippen LogP contribution in [0.25, 0.3) is 63.4 Å². The Bertz CT molecular complexity index is 4770. The number of ether oxygens (including phenoxy) is 1. The maximum atomic E-state index is 11.1. The number of rotatable bonds is 5. The first kappa shape index (κ1) is 187. The first-order chi connectivity index (χ1) is 57.7. The molecule has 22 N–H and O–H groups in total. The summed E-state index contributed by atoms with van der Waals surface area (Å²) in [4.78, 5) is 87.7. The maximum Gasteiger partial charge on any atom is 1.00 e. The van der Waals surface area contributed by atoms with Gasteiger partial charge in [-0.05, 0) is 114 Å². The van der Waals surface area contributed by atoms with Gasteiger partial charge in [-0.1, -0.05) is 12.2 Å². The summed E-state index contributed by atoms with van der Waals surface area (Å²) in [5.41, 5.74) is 45.7. The van der Waals surface area contributed by atoms with Crippen molar-refractivity contribution in [2.45, 2.75) is 33.6 Å². The number of nitrogen functional groups attached to an aromatic ring is 3. The van der Waals surface area contributed by atoms with Gasteiger partial charge in [0.2, 0.25) is 16.6 Å². The number of aliphatic hydroxyl groups excluding tert-OH is 2. The number of alkyl halides is 1. The summed E-state index contributed by atoms with van der Waals surface area (Å²) in [7, 11) is 0. The number of esters is 1. The van der Waals surface area contributed by atoms with E-state index in [4.69, 9.17) is 114 Å². The summed E-state index contributed by atoms with van der Waals surface area (Å²) in [6, 6.07) is 27.9. The van der Waals surface area contributed by atoms with E-state index in [1.54, 1.807) is 91.8 Å². The molecule has 0 atom stereocenters. The van der Waals surface area contributed by atoms with E-state index >= 15 is 0 Å². The Morgan fingerprint density at radius 1 is 0.572 bits per heavy atom. The molecule has 0 aliphatic heterocycles. The van der Waals surface area contributed by atoms with Crippen LogP contribution >= 0.6 is 98.0 Å². The van der Waals surface area contributed by atoms with Crippen LogP contribution in [0.5, 0.6) is 17.2 Å². The number of fused-ring (bicyclic) bond motifs is 6. The zero-order valence-corrected chi connectivity index (χ0v) is 114. The summed E-state index contributed by atoms with van der Waals surface area (Å²) in [5.74, 6) is 3.76. The molecule has 0 unspecified atom stereocenters. The number of pyridine rings is 8. The number of hydrogen-bond donors (Lipinski definition) is 11. The molecule has 0 saturated carbocycles. The molecule has 138 heavy (non-hydrogen) atoms. The van der Waals surface area contributed by atoms with E-state index in [9.17, 15) is 24.2 Å². The van der Waals surface area contributed by atoms with Crippen LogP contribution in [0.15, 0.2) is 172 Å². The van der Waals surface area contributed by atoms with Crippen LogP contribution in [-0.4, -0.2) is 178 Å². The molecule has 0 aliphatic carbocycles. The minimum Gasteiger partial charge on any atom is -0.693 e. The minimum absolute atomic E-state index is 0. The second-order valence-electron chi connectivity index (χ2n) is 19.3. The predicted molar refractivity (Wildman–Crippen MR) is 504 cm³/mol. The van der Waals surface area contributed by atoms with Crippen molar-refractivity contribution in [3.63, 3.8) is 0 Å². The van der Waals surface area contributed by atoms with Gasteiger partial charge in [0.25, 0.3) is 5.91 Å². The number of anilines is 3. The largest absolute Gasteiger partial charge is 1.00 e. The van der Waals surface area contributed by atoms with Crippen molar-refractivity contribution in [3.05, 3.63) is 312 Å². The number of aromatic hydroxyl groups is 3. The van der Waals surface area contributed by atoms with Crippen molar-refractivity contribution < 1.29 is 378 Å². The van der Waals surface area contributed by atoms with Gasteiger partial charge in [-0.3, -0.25) is 48.1 Å². The van der Waals surface area contributed by atoms with Crippen LogP contribution in [-0.2, 0) is 313 Å². The van der Waals surface area contributed by atoms with Crippen LogP contribution in [0.1, 0.15) is 62.1 Å². The molecule has 0 saturated heterocycles. The Morgan fingerprint density at radius 3 is 1.07 bits per heavy atom. The average molecular weight is 3440 g/mol.